The lowest BCUT2D eigenvalue weighted by Gasteiger charge is -2.06. The van der Waals surface area contributed by atoms with Crippen molar-refractivity contribution in [1.82, 2.24) is 4.98 Å². The molecule has 1 nitrogen and oxygen atoms in total. The first-order chi connectivity index (χ1) is 8.88. The average molecular weight is 287 g/mol. The molecule has 0 unspecified atom stereocenters. The molecule has 1 heterocycles. The molecule has 0 atom stereocenters. The van der Waals surface area contributed by atoms with E-state index in [2.05, 4.69) is 4.98 Å². The number of hydrogen-bond donors (Lipinski definition) is 0. The fourth-order valence-corrected chi connectivity index (χ4v) is 2.32. The first kappa shape index (κ1) is 15.7. The van der Waals surface area contributed by atoms with E-state index >= 15 is 0 Å². The minimum absolute atomic E-state index is 0.633. The summed E-state index contributed by atoms with van der Waals surface area (Å²) < 4.78 is 37.1. The van der Waals surface area contributed by atoms with E-state index in [4.69, 9.17) is 0 Å². The number of nitrogens with zero attached hydrogens (tertiary/aromatic N) is 1. The second kappa shape index (κ2) is 6.19. The Balaban J connectivity index is 0.000000861. The molecule has 0 bridgehead atoms. The maximum Gasteiger partial charge on any atom is 0.416 e. The van der Waals surface area contributed by atoms with Gasteiger partial charge >= 0.3 is 6.18 Å². The van der Waals surface area contributed by atoms with Gasteiger partial charge in [-0.2, -0.15) is 13.2 Å². The van der Waals surface area contributed by atoms with Crippen molar-refractivity contribution in [2.45, 2.75) is 33.9 Å². The van der Waals surface area contributed by atoms with E-state index in [0.717, 1.165) is 33.3 Å². The second-order valence-electron chi connectivity index (χ2n) is 3.74. The zero-order chi connectivity index (χ0) is 14.6. The van der Waals surface area contributed by atoms with Gasteiger partial charge in [-0.1, -0.05) is 26.0 Å². The highest BCUT2D eigenvalue weighted by atomic mass is 32.1. The molecule has 19 heavy (non-hydrogen) atoms. The summed E-state index contributed by atoms with van der Waals surface area (Å²) in [5.41, 5.74) is 1.01. The predicted octanol–water partition coefficient (Wildman–Crippen LogP) is 5.47. The van der Waals surface area contributed by atoms with Gasteiger partial charge in [-0.25, -0.2) is 4.98 Å². The van der Waals surface area contributed by atoms with E-state index in [1.807, 2.05) is 27.7 Å². The maximum absolute atomic E-state index is 12.4. The fourth-order valence-electron chi connectivity index (χ4n) is 1.40. The van der Waals surface area contributed by atoms with Crippen LogP contribution in [0.1, 0.15) is 30.0 Å². The molecule has 0 spiro atoms. The zero-order valence-electron chi connectivity index (χ0n) is 11.3. The molecular formula is C14H16F3NS. The Kier molecular flexibility index (Phi) is 5.11. The monoisotopic (exact) mass is 287 g/mol. The molecule has 1 aromatic heterocycles. The fraction of sp³-hybridized carbons (Fsp3) is 0.357. The summed E-state index contributed by atoms with van der Waals surface area (Å²) in [6, 6.07) is 5.09. The Hall–Kier alpha value is -1.36. The van der Waals surface area contributed by atoms with Crippen LogP contribution in [0, 0.1) is 13.8 Å². The molecule has 0 aliphatic rings. The van der Waals surface area contributed by atoms with Gasteiger partial charge < -0.3 is 0 Å². The molecule has 1 aromatic carbocycles. The maximum atomic E-state index is 12.4. The Morgan fingerprint density at radius 2 is 1.53 bits per heavy atom. The van der Waals surface area contributed by atoms with E-state index in [1.165, 1.54) is 23.5 Å². The Morgan fingerprint density at radius 3 is 1.89 bits per heavy atom. The van der Waals surface area contributed by atoms with Crippen molar-refractivity contribution in [3.8, 4) is 10.6 Å². The topological polar surface area (TPSA) is 12.9 Å². The summed E-state index contributed by atoms with van der Waals surface area (Å²) in [5.74, 6) is 0. The highest BCUT2D eigenvalue weighted by Crippen LogP contribution is 2.32. The van der Waals surface area contributed by atoms with Gasteiger partial charge in [0.1, 0.15) is 5.01 Å². The largest absolute Gasteiger partial charge is 0.416 e. The summed E-state index contributed by atoms with van der Waals surface area (Å²) in [5, 5.41) is 0.758. The van der Waals surface area contributed by atoms with Crippen molar-refractivity contribution < 1.29 is 13.2 Å². The molecule has 2 rings (SSSR count). The molecule has 0 aliphatic heterocycles. The third-order valence-corrected chi connectivity index (χ3v) is 3.61. The van der Waals surface area contributed by atoms with Crippen LogP contribution in [0.25, 0.3) is 10.6 Å². The lowest BCUT2D eigenvalue weighted by molar-refractivity contribution is -0.137. The average Bonchev–Trinajstić information content (AvgIpc) is 2.71. The first-order valence-corrected chi connectivity index (χ1v) is 6.81. The molecule has 0 aliphatic carbocycles. The molecule has 104 valence electrons. The van der Waals surface area contributed by atoms with Gasteiger partial charge in [0.25, 0.3) is 0 Å². The van der Waals surface area contributed by atoms with E-state index in [9.17, 15) is 13.2 Å². The molecular weight excluding hydrogens is 271 g/mol. The first-order valence-electron chi connectivity index (χ1n) is 5.99. The number of alkyl halides is 3. The smallest absolute Gasteiger partial charge is 0.241 e. The van der Waals surface area contributed by atoms with Crippen LogP contribution in [0.4, 0.5) is 13.2 Å². The molecule has 2 aromatic rings. The van der Waals surface area contributed by atoms with Crippen LogP contribution >= 0.6 is 11.3 Å². The van der Waals surface area contributed by atoms with Crippen molar-refractivity contribution in [1.29, 1.82) is 0 Å². The second-order valence-corrected chi connectivity index (χ2v) is 4.94. The molecule has 0 amide bonds. The van der Waals surface area contributed by atoms with Crippen LogP contribution in [0.15, 0.2) is 24.3 Å². The number of rotatable bonds is 1. The van der Waals surface area contributed by atoms with Gasteiger partial charge in [-0.15, -0.1) is 11.3 Å². The number of hydrogen-bond acceptors (Lipinski definition) is 2. The van der Waals surface area contributed by atoms with E-state index in [-0.39, 0.29) is 0 Å². The number of benzene rings is 1. The number of aryl methyl sites for hydroxylation is 2. The van der Waals surface area contributed by atoms with Crippen molar-refractivity contribution in [2.24, 2.45) is 0 Å². The minimum atomic E-state index is -4.28. The third kappa shape index (κ3) is 3.80. The van der Waals surface area contributed by atoms with Crippen molar-refractivity contribution in [3.05, 3.63) is 40.4 Å². The molecule has 0 radical (unpaired) electrons. The standard InChI is InChI=1S/C12H10F3NS.C2H6/c1-7-8(2)17-11(16-7)9-3-5-10(6-4-9)12(13,14)15;1-2/h3-6H,1-2H3;1-2H3. The SMILES string of the molecule is CC.Cc1nc(-c2ccc(C(F)(F)F)cc2)sc1C. The van der Waals surface area contributed by atoms with Crippen LogP contribution in [0.3, 0.4) is 0 Å². The normalized spacial score (nSPS) is 10.9. The van der Waals surface area contributed by atoms with Gasteiger partial charge in [-0.05, 0) is 26.0 Å². The van der Waals surface area contributed by atoms with Crippen LogP contribution in [0.5, 0.6) is 0 Å². The Labute approximate surface area is 115 Å². The number of thiazole rings is 1. The number of aromatic nitrogens is 1. The van der Waals surface area contributed by atoms with Gasteiger partial charge in [0.2, 0.25) is 0 Å². The van der Waals surface area contributed by atoms with Crippen LogP contribution in [0.2, 0.25) is 0 Å². The van der Waals surface area contributed by atoms with Crippen molar-refractivity contribution in [2.75, 3.05) is 0 Å². The molecule has 0 saturated carbocycles. The van der Waals surface area contributed by atoms with E-state index in [0.29, 0.717) is 0 Å². The Morgan fingerprint density at radius 1 is 1.00 bits per heavy atom. The van der Waals surface area contributed by atoms with E-state index in [1.54, 1.807) is 0 Å². The molecule has 0 N–H and O–H groups in total. The van der Waals surface area contributed by atoms with Gasteiger partial charge in [0.15, 0.2) is 0 Å². The quantitative estimate of drug-likeness (QED) is 0.677. The van der Waals surface area contributed by atoms with E-state index < -0.39 is 11.7 Å². The summed E-state index contributed by atoms with van der Waals surface area (Å²) in [6.45, 7) is 7.83. The van der Waals surface area contributed by atoms with Crippen LogP contribution in [-0.2, 0) is 6.18 Å². The van der Waals surface area contributed by atoms with Gasteiger partial charge in [-0.3, -0.25) is 0 Å². The van der Waals surface area contributed by atoms with Gasteiger partial charge in [0, 0.05) is 10.4 Å². The lowest BCUT2D eigenvalue weighted by atomic mass is 10.1. The third-order valence-electron chi connectivity index (χ3n) is 2.49. The minimum Gasteiger partial charge on any atom is -0.241 e. The van der Waals surface area contributed by atoms with Crippen molar-refractivity contribution in [3.63, 3.8) is 0 Å². The zero-order valence-corrected chi connectivity index (χ0v) is 12.1. The summed E-state index contributed by atoms with van der Waals surface area (Å²) >= 11 is 1.49. The van der Waals surface area contributed by atoms with Crippen molar-refractivity contribution >= 4 is 11.3 Å². The summed E-state index contributed by atoms with van der Waals surface area (Å²) in [4.78, 5) is 5.39. The molecule has 0 fully saturated rings. The predicted molar refractivity (Wildman–Crippen MR) is 73.4 cm³/mol. The van der Waals surface area contributed by atoms with Crippen LogP contribution < -0.4 is 0 Å². The number of halogens is 3. The summed E-state index contributed by atoms with van der Waals surface area (Å²) in [7, 11) is 0. The Bertz CT molecular complexity index is 507. The summed E-state index contributed by atoms with van der Waals surface area (Å²) in [6.07, 6.45) is -4.28. The van der Waals surface area contributed by atoms with Crippen LogP contribution in [-0.4, -0.2) is 4.98 Å². The molecule has 5 heteroatoms. The highest BCUT2D eigenvalue weighted by molar-refractivity contribution is 7.15. The molecule has 0 saturated heterocycles. The highest BCUT2D eigenvalue weighted by Gasteiger charge is 2.30. The van der Waals surface area contributed by atoms with Gasteiger partial charge in [0.05, 0.1) is 11.3 Å². The lowest BCUT2D eigenvalue weighted by Crippen LogP contribution is -2.03.